The van der Waals surface area contributed by atoms with Gasteiger partial charge in [0.15, 0.2) is 11.4 Å². The van der Waals surface area contributed by atoms with Crippen molar-refractivity contribution >= 4 is 28.7 Å². The molecule has 0 atom stereocenters. The minimum absolute atomic E-state index is 0.0370. The van der Waals surface area contributed by atoms with Crippen LogP contribution in [0.2, 0.25) is 0 Å². The van der Waals surface area contributed by atoms with Gasteiger partial charge in [-0.3, -0.25) is 0 Å². The van der Waals surface area contributed by atoms with Crippen LogP contribution < -0.4 is 5.73 Å². The summed E-state index contributed by atoms with van der Waals surface area (Å²) in [6.07, 6.45) is 0. The molecule has 7 heteroatoms. The lowest BCUT2D eigenvalue weighted by atomic mass is 10.3. The van der Waals surface area contributed by atoms with Gasteiger partial charge in [-0.05, 0) is 36.0 Å². The summed E-state index contributed by atoms with van der Waals surface area (Å²) in [4.78, 5) is 8.60. The molecule has 3 aromatic rings. The molecule has 6 nitrogen and oxygen atoms in total. The van der Waals surface area contributed by atoms with E-state index in [-0.39, 0.29) is 5.84 Å². The third-order valence-electron chi connectivity index (χ3n) is 2.56. The van der Waals surface area contributed by atoms with Crippen molar-refractivity contribution in [1.82, 2.24) is 9.97 Å². The van der Waals surface area contributed by atoms with Gasteiger partial charge in [-0.25, -0.2) is 9.97 Å². The highest BCUT2D eigenvalue weighted by Crippen LogP contribution is 2.28. The van der Waals surface area contributed by atoms with Gasteiger partial charge in [-0.15, -0.1) is 0 Å². The number of benzene rings is 1. The Morgan fingerprint density at radius 2 is 2.00 bits per heavy atom. The number of oxazole rings is 1. The van der Waals surface area contributed by atoms with Gasteiger partial charge >= 0.3 is 0 Å². The van der Waals surface area contributed by atoms with E-state index in [0.29, 0.717) is 15.9 Å². The van der Waals surface area contributed by atoms with Crippen LogP contribution in [0.5, 0.6) is 0 Å². The molecule has 3 rings (SSSR count). The quantitative estimate of drug-likeness (QED) is 0.332. The molecule has 0 saturated heterocycles. The Morgan fingerprint density at radius 1 is 1.15 bits per heavy atom. The predicted molar refractivity (Wildman–Crippen MR) is 74.9 cm³/mol. The average molecular weight is 286 g/mol. The fourth-order valence-electron chi connectivity index (χ4n) is 1.65. The van der Waals surface area contributed by atoms with Crippen LogP contribution in [0.1, 0.15) is 5.69 Å². The van der Waals surface area contributed by atoms with Crippen molar-refractivity contribution in [1.29, 1.82) is 0 Å². The maximum Gasteiger partial charge on any atom is 0.263 e. The zero-order chi connectivity index (χ0) is 13.9. The van der Waals surface area contributed by atoms with Crippen LogP contribution >= 0.6 is 11.8 Å². The summed E-state index contributed by atoms with van der Waals surface area (Å²) in [5, 5.41) is 12.7. The van der Waals surface area contributed by atoms with E-state index in [1.807, 2.05) is 24.3 Å². The summed E-state index contributed by atoms with van der Waals surface area (Å²) < 4.78 is 5.60. The average Bonchev–Trinajstić information content (AvgIpc) is 2.88. The summed E-state index contributed by atoms with van der Waals surface area (Å²) in [5.41, 5.74) is 7.42. The lowest BCUT2D eigenvalue weighted by Crippen LogP contribution is -2.14. The first kappa shape index (κ1) is 12.5. The van der Waals surface area contributed by atoms with Gasteiger partial charge < -0.3 is 15.4 Å². The summed E-state index contributed by atoms with van der Waals surface area (Å²) in [6, 6.07) is 12.7. The SMILES string of the molecule is NC(=NO)c1cccc(Sc2nc3ccccc3o2)n1. The molecule has 0 aliphatic carbocycles. The lowest BCUT2D eigenvalue weighted by molar-refractivity contribution is 0.318. The molecule has 3 N–H and O–H groups in total. The fraction of sp³-hybridized carbons (Fsp3) is 0. The topological polar surface area (TPSA) is 97.5 Å². The van der Waals surface area contributed by atoms with Crippen LogP contribution in [-0.2, 0) is 0 Å². The molecule has 0 saturated carbocycles. The second-order valence-corrected chi connectivity index (χ2v) is 4.87. The second-order valence-electron chi connectivity index (χ2n) is 3.90. The number of amidine groups is 1. The normalized spacial score (nSPS) is 11.9. The fourth-order valence-corrected chi connectivity index (χ4v) is 2.39. The van der Waals surface area contributed by atoms with Gasteiger partial charge in [0.25, 0.3) is 5.22 Å². The molecular weight excluding hydrogens is 276 g/mol. The molecule has 0 amide bonds. The van der Waals surface area contributed by atoms with Crippen LogP contribution in [0.3, 0.4) is 0 Å². The van der Waals surface area contributed by atoms with E-state index in [1.165, 1.54) is 11.8 Å². The van der Waals surface area contributed by atoms with E-state index < -0.39 is 0 Å². The molecule has 2 heterocycles. The Balaban J connectivity index is 1.90. The number of hydrogen-bond acceptors (Lipinski definition) is 6. The van der Waals surface area contributed by atoms with Crippen molar-refractivity contribution in [2.45, 2.75) is 10.2 Å². The number of pyridine rings is 1. The zero-order valence-corrected chi connectivity index (χ0v) is 11.0. The molecule has 100 valence electrons. The number of hydrogen-bond donors (Lipinski definition) is 2. The first-order valence-electron chi connectivity index (χ1n) is 5.74. The molecule has 0 aliphatic heterocycles. The Bertz CT molecular complexity index is 752. The Hall–Kier alpha value is -2.54. The highest BCUT2D eigenvalue weighted by Gasteiger charge is 2.09. The van der Waals surface area contributed by atoms with Gasteiger partial charge in [0.1, 0.15) is 16.2 Å². The first-order valence-corrected chi connectivity index (χ1v) is 6.56. The maximum atomic E-state index is 8.65. The summed E-state index contributed by atoms with van der Waals surface area (Å²) in [6.45, 7) is 0. The predicted octanol–water partition coefficient (Wildman–Crippen LogP) is 2.47. The van der Waals surface area contributed by atoms with Crippen molar-refractivity contribution in [2.24, 2.45) is 10.9 Å². The van der Waals surface area contributed by atoms with Crippen LogP contribution in [0.25, 0.3) is 11.1 Å². The molecule has 0 radical (unpaired) electrons. The Kier molecular flexibility index (Phi) is 3.26. The number of oxime groups is 1. The number of rotatable bonds is 3. The van der Waals surface area contributed by atoms with E-state index in [1.54, 1.807) is 18.2 Å². The standard InChI is InChI=1S/C13H10N4O2S/c14-12(17-18)9-5-3-7-11(15-9)20-13-16-8-4-1-2-6-10(8)19-13/h1-7,18H,(H2,14,17). The van der Waals surface area contributed by atoms with Gasteiger partial charge in [0.05, 0.1) is 0 Å². The smallest absolute Gasteiger partial charge is 0.263 e. The minimum atomic E-state index is -0.0370. The molecule has 0 bridgehead atoms. The molecule has 20 heavy (non-hydrogen) atoms. The first-order chi connectivity index (χ1) is 9.76. The van der Waals surface area contributed by atoms with Crippen LogP contribution in [0.4, 0.5) is 0 Å². The molecule has 0 fully saturated rings. The second kappa shape index (κ2) is 5.22. The molecule has 1 aromatic carbocycles. The number of aromatic nitrogens is 2. The maximum absolute atomic E-state index is 8.65. The van der Waals surface area contributed by atoms with Crippen molar-refractivity contribution in [3.05, 3.63) is 48.2 Å². The highest BCUT2D eigenvalue weighted by molar-refractivity contribution is 7.99. The van der Waals surface area contributed by atoms with Crippen molar-refractivity contribution in [3.8, 4) is 0 Å². The van der Waals surface area contributed by atoms with E-state index in [0.717, 1.165) is 11.1 Å². The van der Waals surface area contributed by atoms with Gasteiger partial charge in [0, 0.05) is 0 Å². The molecular formula is C13H10N4O2S. The molecule has 0 spiro atoms. The Morgan fingerprint density at radius 3 is 2.80 bits per heavy atom. The number of fused-ring (bicyclic) bond motifs is 1. The molecule has 2 aromatic heterocycles. The van der Waals surface area contributed by atoms with E-state index in [4.69, 9.17) is 15.4 Å². The third kappa shape index (κ3) is 2.43. The minimum Gasteiger partial charge on any atom is -0.431 e. The Labute approximate surface area is 118 Å². The van der Waals surface area contributed by atoms with Crippen LogP contribution in [0, 0.1) is 0 Å². The number of para-hydroxylation sites is 2. The monoisotopic (exact) mass is 286 g/mol. The molecule has 0 unspecified atom stereocenters. The third-order valence-corrected chi connectivity index (χ3v) is 3.35. The van der Waals surface area contributed by atoms with Gasteiger partial charge in [-0.2, -0.15) is 0 Å². The van der Waals surface area contributed by atoms with Gasteiger partial charge in [-0.1, -0.05) is 23.4 Å². The number of nitrogens with two attached hydrogens (primary N) is 1. The summed E-state index contributed by atoms with van der Waals surface area (Å²) >= 11 is 1.27. The van der Waals surface area contributed by atoms with E-state index >= 15 is 0 Å². The van der Waals surface area contributed by atoms with Gasteiger partial charge in [0.2, 0.25) is 0 Å². The molecule has 0 aliphatic rings. The largest absolute Gasteiger partial charge is 0.431 e. The van der Waals surface area contributed by atoms with E-state index in [9.17, 15) is 0 Å². The van der Waals surface area contributed by atoms with Crippen LogP contribution in [-0.4, -0.2) is 21.0 Å². The highest BCUT2D eigenvalue weighted by atomic mass is 32.2. The van der Waals surface area contributed by atoms with Crippen molar-refractivity contribution in [2.75, 3.05) is 0 Å². The van der Waals surface area contributed by atoms with Crippen molar-refractivity contribution < 1.29 is 9.62 Å². The van der Waals surface area contributed by atoms with Crippen molar-refractivity contribution in [3.63, 3.8) is 0 Å². The number of nitrogens with zero attached hydrogens (tertiary/aromatic N) is 3. The van der Waals surface area contributed by atoms with E-state index in [2.05, 4.69) is 15.1 Å². The summed E-state index contributed by atoms with van der Waals surface area (Å²) in [7, 11) is 0. The zero-order valence-electron chi connectivity index (χ0n) is 10.2. The van der Waals surface area contributed by atoms with Crippen LogP contribution in [0.15, 0.2) is 62.3 Å². The lowest BCUT2D eigenvalue weighted by Gasteiger charge is -2.00. The summed E-state index contributed by atoms with van der Waals surface area (Å²) in [5.74, 6) is -0.0370.